The Morgan fingerprint density at radius 2 is 1.88 bits per heavy atom. The van der Waals surface area contributed by atoms with E-state index in [1.807, 2.05) is 6.07 Å². The molecule has 4 bridgehead atoms. The van der Waals surface area contributed by atoms with Crippen LogP contribution in [0.15, 0.2) is 18.2 Å². The fourth-order valence-electron chi connectivity index (χ4n) is 6.06. The number of benzene rings is 1. The number of phenolic OH excluding ortho intramolecular Hbond substituents is 1. The molecule has 1 aliphatic heterocycles. The van der Waals surface area contributed by atoms with Crippen molar-refractivity contribution >= 4 is 23.2 Å². The molecule has 130 valence electrons. The topological polar surface area (TPSA) is 47.9 Å². The van der Waals surface area contributed by atoms with Gasteiger partial charge in [-0.15, -0.1) is 11.6 Å². The molecule has 0 aromatic heterocycles. The van der Waals surface area contributed by atoms with Crippen LogP contribution in [0.4, 0.5) is 0 Å². The summed E-state index contributed by atoms with van der Waals surface area (Å²) in [6, 6.07) is 5.14. The Morgan fingerprint density at radius 1 is 1.17 bits per heavy atom. The Balaban J connectivity index is 1.62. The molecule has 5 fully saturated rings. The molecule has 4 aliphatic carbocycles. The summed E-state index contributed by atoms with van der Waals surface area (Å²) in [7, 11) is 1.64. The Kier molecular flexibility index (Phi) is 3.14. The van der Waals surface area contributed by atoms with Crippen molar-refractivity contribution in [1.82, 2.24) is 0 Å². The second kappa shape index (κ2) is 4.80. The molecule has 0 amide bonds. The van der Waals surface area contributed by atoms with E-state index in [2.05, 4.69) is 0 Å². The van der Waals surface area contributed by atoms with Gasteiger partial charge in [-0.25, -0.2) is 4.89 Å². The summed E-state index contributed by atoms with van der Waals surface area (Å²) in [6.07, 6.45) is 5.16. The van der Waals surface area contributed by atoms with Gasteiger partial charge in [0.15, 0.2) is 5.60 Å². The van der Waals surface area contributed by atoms with Gasteiger partial charge < -0.3 is 9.84 Å². The zero-order valence-corrected chi connectivity index (χ0v) is 14.9. The van der Waals surface area contributed by atoms with E-state index >= 15 is 0 Å². The lowest BCUT2D eigenvalue weighted by Gasteiger charge is -2.70. The highest BCUT2D eigenvalue weighted by molar-refractivity contribution is 6.32. The number of hydrogen-bond donors (Lipinski definition) is 1. The number of halogens is 2. The van der Waals surface area contributed by atoms with Crippen molar-refractivity contribution in [3.8, 4) is 5.75 Å². The fraction of sp³-hybridized carbons (Fsp3) is 0.667. The third-order valence-electron chi connectivity index (χ3n) is 6.75. The predicted octanol–water partition coefficient (Wildman–Crippen LogP) is 4.36. The molecule has 4 nitrogen and oxygen atoms in total. The van der Waals surface area contributed by atoms with Crippen molar-refractivity contribution in [1.29, 1.82) is 0 Å². The van der Waals surface area contributed by atoms with Gasteiger partial charge in [0.2, 0.25) is 0 Å². The van der Waals surface area contributed by atoms with Crippen LogP contribution in [0, 0.1) is 17.8 Å². The molecule has 0 radical (unpaired) electrons. The number of hydrogen-bond acceptors (Lipinski definition) is 4. The average Bonchev–Trinajstić information content (AvgIpc) is 2.49. The average molecular weight is 371 g/mol. The molecule has 3 atom stereocenters. The van der Waals surface area contributed by atoms with Crippen molar-refractivity contribution in [3.05, 3.63) is 28.8 Å². The number of methoxy groups -OCH3 is 1. The zero-order valence-electron chi connectivity index (χ0n) is 13.4. The Labute approximate surface area is 150 Å². The lowest BCUT2D eigenvalue weighted by Crippen LogP contribution is -2.78. The minimum Gasteiger partial charge on any atom is -0.506 e. The van der Waals surface area contributed by atoms with Crippen LogP contribution < -0.4 is 0 Å². The smallest absolute Gasteiger partial charge is 0.260 e. The number of aromatic hydroxyl groups is 1. The van der Waals surface area contributed by atoms with Crippen molar-refractivity contribution < 1.29 is 19.6 Å². The Hall–Kier alpha value is -0.520. The summed E-state index contributed by atoms with van der Waals surface area (Å²) in [5.41, 5.74) is 0.214. The Morgan fingerprint density at radius 3 is 2.38 bits per heavy atom. The van der Waals surface area contributed by atoms with E-state index in [9.17, 15) is 5.11 Å². The zero-order chi connectivity index (χ0) is 16.7. The largest absolute Gasteiger partial charge is 0.506 e. The van der Waals surface area contributed by atoms with E-state index < -0.39 is 11.4 Å². The first-order valence-corrected chi connectivity index (χ1v) is 9.28. The quantitative estimate of drug-likeness (QED) is 0.620. The van der Waals surface area contributed by atoms with Crippen molar-refractivity contribution in [2.45, 2.75) is 48.4 Å². The fourth-order valence-corrected chi connectivity index (χ4v) is 6.77. The van der Waals surface area contributed by atoms with Crippen molar-refractivity contribution in [3.63, 3.8) is 0 Å². The van der Waals surface area contributed by atoms with E-state index in [1.165, 1.54) is 0 Å². The first kappa shape index (κ1) is 15.7. The summed E-state index contributed by atoms with van der Waals surface area (Å²) < 4.78 is 5.92. The van der Waals surface area contributed by atoms with Crippen molar-refractivity contribution in [2.75, 3.05) is 7.11 Å². The van der Waals surface area contributed by atoms with Crippen LogP contribution in [0.25, 0.3) is 0 Å². The first-order valence-electron chi connectivity index (χ1n) is 8.52. The van der Waals surface area contributed by atoms with Gasteiger partial charge in [0.1, 0.15) is 5.75 Å². The standard InChI is InChI=1S/C18H20Cl2O4/c1-22-18(11-2-3-14(19)15(21)6-11)17(23-24-18)12-4-10-5-13(17)9-16(20,7-10)8-12/h2-3,6,10,12-13,21H,4-5,7-9H2,1H3. The molecule has 5 aliphatic rings. The van der Waals surface area contributed by atoms with Gasteiger partial charge in [0, 0.05) is 17.5 Å². The van der Waals surface area contributed by atoms with Crippen LogP contribution in [-0.2, 0) is 20.3 Å². The van der Waals surface area contributed by atoms with E-state index in [1.54, 1.807) is 19.2 Å². The molecule has 3 unspecified atom stereocenters. The number of ether oxygens (including phenoxy) is 1. The second-order valence-corrected chi connectivity index (χ2v) is 9.15. The van der Waals surface area contributed by atoms with Crippen LogP contribution >= 0.6 is 23.2 Å². The highest BCUT2D eigenvalue weighted by Crippen LogP contribution is 2.71. The lowest BCUT2D eigenvalue weighted by molar-refractivity contribution is -0.645. The highest BCUT2D eigenvalue weighted by Gasteiger charge is 2.78. The third-order valence-corrected chi connectivity index (χ3v) is 7.54. The molecule has 6 heteroatoms. The van der Waals surface area contributed by atoms with Crippen LogP contribution in [-0.4, -0.2) is 22.7 Å². The van der Waals surface area contributed by atoms with Gasteiger partial charge in [-0.3, -0.25) is 0 Å². The van der Waals surface area contributed by atoms with Gasteiger partial charge in [0.25, 0.3) is 5.79 Å². The summed E-state index contributed by atoms with van der Waals surface area (Å²) >= 11 is 12.8. The van der Waals surface area contributed by atoms with E-state index in [4.69, 9.17) is 37.7 Å². The molecule has 6 rings (SSSR count). The lowest BCUT2D eigenvalue weighted by atomic mass is 9.46. The molecular weight excluding hydrogens is 351 g/mol. The maximum absolute atomic E-state index is 10.1. The molecule has 1 saturated heterocycles. The molecule has 1 N–H and O–H groups in total. The first-order chi connectivity index (χ1) is 11.4. The van der Waals surface area contributed by atoms with Gasteiger partial charge >= 0.3 is 0 Å². The minimum atomic E-state index is -1.01. The van der Waals surface area contributed by atoms with E-state index in [-0.39, 0.29) is 10.6 Å². The number of alkyl halides is 1. The third kappa shape index (κ3) is 1.71. The highest BCUT2D eigenvalue weighted by atomic mass is 35.5. The van der Waals surface area contributed by atoms with Gasteiger partial charge in [-0.05, 0) is 62.0 Å². The molecule has 1 aromatic rings. The molecule has 1 aromatic carbocycles. The number of phenols is 1. The van der Waals surface area contributed by atoms with E-state index in [0.717, 1.165) is 37.7 Å². The van der Waals surface area contributed by atoms with Crippen LogP contribution in [0.5, 0.6) is 5.75 Å². The molecule has 24 heavy (non-hydrogen) atoms. The SMILES string of the molecule is COC1(c2ccc(Cl)c(O)c2)OOC12C1CC3CC2CC(Cl)(C3)C1. The summed E-state index contributed by atoms with van der Waals surface area (Å²) in [5.74, 6) is 0.280. The maximum Gasteiger partial charge on any atom is 0.260 e. The predicted molar refractivity (Wildman–Crippen MR) is 88.8 cm³/mol. The van der Waals surface area contributed by atoms with Gasteiger partial charge in [-0.2, -0.15) is 4.89 Å². The van der Waals surface area contributed by atoms with Crippen LogP contribution in [0.3, 0.4) is 0 Å². The molecular formula is C18H20Cl2O4. The summed E-state index contributed by atoms with van der Waals surface area (Å²) in [4.78, 5) is 11.4. The maximum atomic E-state index is 10.1. The number of rotatable bonds is 2. The van der Waals surface area contributed by atoms with Crippen LogP contribution in [0.1, 0.15) is 37.7 Å². The van der Waals surface area contributed by atoms with Crippen molar-refractivity contribution in [2.24, 2.45) is 17.8 Å². The second-order valence-electron chi connectivity index (χ2n) is 7.94. The molecule has 1 spiro atoms. The molecule has 1 heterocycles. The minimum absolute atomic E-state index is 0.0221. The Bertz CT molecular complexity index is 688. The normalized spacial score (nSPS) is 48.7. The van der Waals surface area contributed by atoms with E-state index in [0.29, 0.717) is 22.8 Å². The monoisotopic (exact) mass is 370 g/mol. The van der Waals surface area contributed by atoms with Crippen LogP contribution in [0.2, 0.25) is 5.02 Å². The summed E-state index contributed by atoms with van der Waals surface area (Å²) in [5, 5.41) is 10.4. The van der Waals surface area contributed by atoms with Gasteiger partial charge in [-0.1, -0.05) is 17.7 Å². The van der Waals surface area contributed by atoms with Gasteiger partial charge in [0.05, 0.1) is 5.02 Å². The molecule has 4 saturated carbocycles. The summed E-state index contributed by atoms with van der Waals surface area (Å²) in [6.45, 7) is 0.